The van der Waals surface area contributed by atoms with Gasteiger partial charge in [0.2, 0.25) is 0 Å². The molecule has 0 aliphatic carbocycles. The first-order valence-corrected chi connectivity index (χ1v) is 9.79. The number of benzene rings is 2. The van der Waals surface area contributed by atoms with Crippen LogP contribution in [0.1, 0.15) is 16.9 Å². The highest BCUT2D eigenvalue weighted by Gasteiger charge is 2.34. The molecule has 1 N–H and O–H groups in total. The van der Waals surface area contributed by atoms with E-state index in [0.717, 1.165) is 5.56 Å². The van der Waals surface area contributed by atoms with Gasteiger partial charge in [-0.2, -0.15) is 5.10 Å². The van der Waals surface area contributed by atoms with E-state index >= 15 is 0 Å². The molecule has 1 amide bonds. The standard InChI is InChI=1S/C22H16FN3O3S/c23-17-7-3-16(4-8-17)13-24-25-22-26(14-19-2-1-11-29-19)21(28)20(30-22)12-15-5-9-18(27)10-6-15/h1-13,27H,14H2/b20-12-,24-13+,25-22-. The van der Waals surface area contributed by atoms with Crippen molar-refractivity contribution in [2.24, 2.45) is 10.2 Å². The van der Waals surface area contributed by atoms with Crippen molar-refractivity contribution < 1.29 is 18.7 Å². The number of thioether (sulfide) groups is 1. The molecule has 0 atom stereocenters. The average molecular weight is 421 g/mol. The van der Waals surface area contributed by atoms with Crippen molar-refractivity contribution in [1.29, 1.82) is 0 Å². The summed E-state index contributed by atoms with van der Waals surface area (Å²) in [6.45, 7) is 0.219. The van der Waals surface area contributed by atoms with E-state index in [2.05, 4.69) is 10.2 Å². The van der Waals surface area contributed by atoms with Crippen molar-refractivity contribution in [3.05, 3.63) is 94.5 Å². The predicted molar refractivity (Wildman–Crippen MR) is 114 cm³/mol. The van der Waals surface area contributed by atoms with E-state index in [1.165, 1.54) is 35.0 Å². The van der Waals surface area contributed by atoms with Gasteiger partial charge in [-0.3, -0.25) is 9.69 Å². The lowest BCUT2D eigenvalue weighted by Crippen LogP contribution is -2.28. The van der Waals surface area contributed by atoms with Gasteiger partial charge in [-0.1, -0.05) is 24.3 Å². The first-order chi connectivity index (χ1) is 14.6. The number of phenolic OH excluding ortho intramolecular Hbond substituents is 1. The van der Waals surface area contributed by atoms with Gasteiger partial charge in [-0.25, -0.2) is 4.39 Å². The van der Waals surface area contributed by atoms with Gasteiger partial charge in [-0.05, 0) is 65.4 Å². The number of carbonyl (C=O) groups is 1. The van der Waals surface area contributed by atoms with Crippen molar-refractivity contribution in [2.75, 3.05) is 0 Å². The Morgan fingerprint density at radius 3 is 2.50 bits per heavy atom. The first kappa shape index (κ1) is 19.7. The summed E-state index contributed by atoms with van der Waals surface area (Å²) in [7, 11) is 0. The summed E-state index contributed by atoms with van der Waals surface area (Å²) in [5.74, 6) is 0.216. The molecule has 8 heteroatoms. The van der Waals surface area contributed by atoms with Gasteiger partial charge >= 0.3 is 0 Å². The fourth-order valence-electron chi connectivity index (χ4n) is 2.70. The number of hydrogen-bond acceptors (Lipinski definition) is 6. The highest BCUT2D eigenvalue weighted by molar-refractivity contribution is 8.18. The fraction of sp³-hybridized carbons (Fsp3) is 0.0455. The Labute approximate surface area is 176 Å². The minimum Gasteiger partial charge on any atom is -0.508 e. The number of phenols is 1. The van der Waals surface area contributed by atoms with Gasteiger partial charge in [0.15, 0.2) is 5.17 Å². The van der Waals surface area contributed by atoms with Crippen LogP contribution in [0.3, 0.4) is 0 Å². The van der Waals surface area contributed by atoms with Crippen LogP contribution in [0.5, 0.6) is 5.75 Å². The second kappa shape index (κ2) is 8.79. The van der Waals surface area contributed by atoms with E-state index in [1.54, 1.807) is 60.9 Å². The van der Waals surface area contributed by atoms with Gasteiger partial charge in [0, 0.05) is 0 Å². The molecule has 4 rings (SSSR count). The minimum absolute atomic E-state index is 0.152. The van der Waals surface area contributed by atoms with Crippen LogP contribution >= 0.6 is 11.8 Å². The quantitative estimate of drug-likeness (QED) is 0.370. The lowest BCUT2D eigenvalue weighted by molar-refractivity contribution is -0.122. The van der Waals surface area contributed by atoms with Crippen LogP contribution in [-0.2, 0) is 11.3 Å². The van der Waals surface area contributed by atoms with E-state index in [1.807, 2.05) is 0 Å². The molecule has 30 heavy (non-hydrogen) atoms. The molecule has 0 bridgehead atoms. The fourth-order valence-corrected chi connectivity index (χ4v) is 3.63. The van der Waals surface area contributed by atoms with Crippen LogP contribution in [0.4, 0.5) is 4.39 Å². The summed E-state index contributed by atoms with van der Waals surface area (Å²) in [5, 5.41) is 18.1. The predicted octanol–water partition coefficient (Wildman–Crippen LogP) is 4.63. The monoisotopic (exact) mass is 421 g/mol. The third kappa shape index (κ3) is 4.66. The summed E-state index contributed by atoms with van der Waals surface area (Å²) in [4.78, 5) is 14.9. The number of furan rings is 1. The minimum atomic E-state index is -0.330. The smallest absolute Gasteiger partial charge is 0.267 e. The van der Waals surface area contributed by atoms with Crippen molar-refractivity contribution in [2.45, 2.75) is 6.54 Å². The molecular formula is C22H16FN3O3S. The Bertz CT molecular complexity index is 1120. The Balaban J connectivity index is 1.60. The van der Waals surface area contributed by atoms with Crippen LogP contribution in [0, 0.1) is 5.82 Å². The lowest BCUT2D eigenvalue weighted by atomic mass is 10.2. The average Bonchev–Trinajstić information content (AvgIpc) is 3.35. The van der Waals surface area contributed by atoms with Crippen LogP contribution in [0.15, 0.2) is 86.5 Å². The second-order valence-corrected chi connectivity index (χ2v) is 7.36. The van der Waals surface area contributed by atoms with E-state index < -0.39 is 0 Å². The molecule has 1 aromatic heterocycles. The molecule has 2 aromatic carbocycles. The van der Waals surface area contributed by atoms with Crippen LogP contribution in [0.2, 0.25) is 0 Å². The molecule has 1 fully saturated rings. The van der Waals surface area contributed by atoms with Crippen molar-refractivity contribution in [1.82, 2.24) is 4.90 Å². The molecule has 1 aliphatic rings. The maximum Gasteiger partial charge on any atom is 0.267 e. The van der Waals surface area contributed by atoms with Crippen LogP contribution in [0.25, 0.3) is 6.08 Å². The van der Waals surface area contributed by atoms with Gasteiger partial charge in [0.1, 0.15) is 17.3 Å². The maximum atomic E-state index is 13.0. The summed E-state index contributed by atoms with van der Waals surface area (Å²) in [6.07, 6.45) is 4.76. The molecule has 0 radical (unpaired) electrons. The molecule has 1 aliphatic heterocycles. The Kier molecular flexibility index (Phi) is 5.76. The number of rotatable bonds is 5. The molecule has 2 heterocycles. The Morgan fingerprint density at radius 1 is 1.07 bits per heavy atom. The Hall–Kier alpha value is -3.65. The summed E-state index contributed by atoms with van der Waals surface area (Å²) in [5.41, 5.74) is 1.46. The normalized spacial score (nSPS) is 17.0. The molecule has 150 valence electrons. The number of hydrogen-bond donors (Lipinski definition) is 1. The highest BCUT2D eigenvalue weighted by atomic mass is 32.2. The number of halogens is 1. The van der Waals surface area contributed by atoms with Crippen LogP contribution in [-0.4, -0.2) is 27.3 Å². The molecular weight excluding hydrogens is 405 g/mol. The van der Waals surface area contributed by atoms with Gasteiger partial charge in [0.05, 0.1) is 23.9 Å². The zero-order valence-corrected chi connectivity index (χ0v) is 16.4. The number of aromatic hydroxyl groups is 1. The largest absolute Gasteiger partial charge is 0.508 e. The molecule has 1 saturated heterocycles. The summed E-state index contributed by atoms with van der Waals surface area (Å²) < 4.78 is 18.4. The van der Waals surface area contributed by atoms with E-state index in [4.69, 9.17) is 4.42 Å². The van der Waals surface area contributed by atoms with Crippen molar-refractivity contribution in [3.8, 4) is 5.75 Å². The van der Waals surface area contributed by atoms with Crippen LogP contribution < -0.4 is 0 Å². The highest BCUT2D eigenvalue weighted by Crippen LogP contribution is 2.34. The van der Waals surface area contributed by atoms with Gasteiger partial charge in [0.25, 0.3) is 5.91 Å². The summed E-state index contributed by atoms with van der Waals surface area (Å²) >= 11 is 1.19. The molecule has 0 unspecified atom stereocenters. The third-order valence-electron chi connectivity index (χ3n) is 4.19. The SMILES string of the molecule is O=C1/C(=C/c2ccc(O)cc2)S/C(=N\N=C\c2ccc(F)cc2)N1Cc1ccco1. The number of carbonyl (C=O) groups excluding carboxylic acids is 1. The number of amidine groups is 1. The number of amides is 1. The van der Waals surface area contributed by atoms with E-state index in [0.29, 0.717) is 21.4 Å². The first-order valence-electron chi connectivity index (χ1n) is 8.98. The molecule has 0 spiro atoms. The zero-order chi connectivity index (χ0) is 20.9. The molecule has 0 saturated carbocycles. The topological polar surface area (TPSA) is 78.4 Å². The van der Waals surface area contributed by atoms with E-state index in [-0.39, 0.29) is 24.0 Å². The van der Waals surface area contributed by atoms with Crippen molar-refractivity contribution >= 4 is 35.1 Å². The third-order valence-corrected chi connectivity index (χ3v) is 5.19. The van der Waals surface area contributed by atoms with Gasteiger partial charge in [-0.15, -0.1) is 5.10 Å². The summed E-state index contributed by atoms with van der Waals surface area (Å²) in [6, 6.07) is 15.9. The van der Waals surface area contributed by atoms with Gasteiger partial charge < -0.3 is 9.52 Å². The molecule has 6 nitrogen and oxygen atoms in total. The van der Waals surface area contributed by atoms with E-state index in [9.17, 15) is 14.3 Å². The maximum absolute atomic E-state index is 13.0. The number of nitrogens with zero attached hydrogens (tertiary/aromatic N) is 3. The lowest BCUT2D eigenvalue weighted by Gasteiger charge is -2.12. The zero-order valence-electron chi connectivity index (χ0n) is 15.6. The Morgan fingerprint density at radius 2 is 1.80 bits per heavy atom. The van der Waals surface area contributed by atoms with Crippen molar-refractivity contribution in [3.63, 3.8) is 0 Å². The second-order valence-electron chi connectivity index (χ2n) is 6.35. The molecule has 3 aromatic rings.